The summed E-state index contributed by atoms with van der Waals surface area (Å²) in [6, 6.07) is 14.5. The van der Waals surface area contributed by atoms with Crippen LogP contribution in [0.25, 0.3) is 11.5 Å². The van der Waals surface area contributed by atoms with Crippen LogP contribution < -0.4 is 9.46 Å². The summed E-state index contributed by atoms with van der Waals surface area (Å²) in [5.41, 5.74) is 2.41. The van der Waals surface area contributed by atoms with Crippen LogP contribution in [0.15, 0.2) is 52.9 Å². The Morgan fingerprint density at radius 2 is 1.81 bits per heavy atom. The molecule has 1 N–H and O–H groups in total. The molecule has 0 bridgehead atoms. The van der Waals surface area contributed by atoms with E-state index in [1.807, 2.05) is 25.1 Å². The molecule has 0 saturated heterocycles. The highest BCUT2D eigenvalue weighted by molar-refractivity contribution is 7.88. The summed E-state index contributed by atoms with van der Waals surface area (Å²) in [7, 11) is -1.93. The van der Waals surface area contributed by atoms with Crippen molar-refractivity contribution in [2.45, 2.75) is 19.2 Å². The molecule has 0 unspecified atom stereocenters. The average molecular weight is 373 g/mol. The first-order chi connectivity index (χ1) is 12.5. The third-order valence-electron chi connectivity index (χ3n) is 3.85. The number of rotatable bonds is 7. The van der Waals surface area contributed by atoms with Gasteiger partial charge in [0, 0.05) is 5.56 Å². The van der Waals surface area contributed by atoms with Crippen molar-refractivity contribution < 1.29 is 17.6 Å². The van der Waals surface area contributed by atoms with E-state index in [1.54, 1.807) is 37.4 Å². The minimum absolute atomic E-state index is 0.0582. The van der Waals surface area contributed by atoms with E-state index in [0.29, 0.717) is 5.89 Å². The van der Waals surface area contributed by atoms with E-state index in [4.69, 9.17) is 9.15 Å². The molecule has 0 saturated carbocycles. The second kappa shape index (κ2) is 7.67. The number of sulfonamides is 1. The van der Waals surface area contributed by atoms with Gasteiger partial charge >= 0.3 is 0 Å². The summed E-state index contributed by atoms with van der Waals surface area (Å²) < 4.78 is 37.6. The van der Waals surface area contributed by atoms with Gasteiger partial charge in [0.25, 0.3) is 0 Å². The van der Waals surface area contributed by atoms with Crippen LogP contribution in [0.5, 0.6) is 5.75 Å². The van der Waals surface area contributed by atoms with E-state index in [0.717, 1.165) is 22.4 Å². The number of aryl methyl sites for hydroxylation is 1. The summed E-state index contributed by atoms with van der Waals surface area (Å²) in [5.74, 6) is 1.14. The normalized spacial score (nSPS) is 11.5. The summed E-state index contributed by atoms with van der Waals surface area (Å²) in [6.07, 6.45) is 0. The van der Waals surface area contributed by atoms with Crippen LogP contribution in [0.2, 0.25) is 0 Å². The molecule has 136 valence electrons. The highest BCUT2D eigenvalue weighted by atomic mass is 32.2. The van der Waals surface area contributed by atoms with Gasteiger partial charge in [0.15, 0.2) is 0 Å². The number of hydrogen-bond donors (Lipinski definition) is 1. The molecular formula is C18H19N3O4S. The number of ether oxygens (including phenoxy) is 1. The topological polar surface area (TPSA) is 94.3 Å². The molecule has 7 nitrogen and oxygen atoms in total. The van der Waals surface area contributed by atoms with Gasteiger partial charge in [0.05, 0.1) is 19.4 Å². The molecule has 0 spiro atoms. The SMILES string of the molecule is COc1ccc(-c2nnc(CNS(=O)(=O)Cc3ccccc3C)o2)cc1. The van der Waals surface area contributed by atoms with E-state index >= 15 is 0 Å². The molecule has 0 fully saturated rings. The van der Waals surface area contributed by atoms with Gasteiger partial charge in [-0.1, -0.05) is 24.3 Å². The van der Waals surface area contributed by atoms with Gasteiger partial charge in [-0.25, -0.2) is 13.1 Å². The quantitative estimate of drug-likeness (QED) is 0.684. The predicted molar refractivity (Wildman–Crippen MR) is 96.9 cm³/mol. The minimum atomic E-state index is -3.51. The molecule has 0 aliphatic rings. The molecule has 8 heteroatoms. The van der Waals surface area contributed by atoms with E-state index < -0.39 is 10.0 Å². The van der Waals surface area contributed by atoms with Crippen LogP contribution in [0.1, 0.15) is 17.0 Å². The Morgan fingerprint density at radius 1 is 1.08 bits per heavy atom. The monoisotopic (exact) mass is 373 g/mol. The van der Waals surface area contributed by atoms with Crippen LogP contribution in [0.4, 0.5) is 0 Å². The molecule has 0 aliphatic carbocycles. The number of nitrogens with one attached hydrogen (secondary N) is 1. The zero-order valence-electron chi connectivity index (χ0n) is 14.5. The van der Waals surface area contributed by atoms with Gasteiger partial charge in [-0.15, -0.1) is 10.2 Å². The third-order valence-corrected chi connectivity index (χ3v) is 5.13. The fraction of sp³-hybridized carbons (Fsp3) is 0.222. The van der Waals surface area contributed by atoms with Gasteiger partial charge in [0.2, 0.25) is 21.8 Å². The highest BCUT2D eigenvalue weighted by Gasteiger charge is 2.15. The van der Waals surface area contributed by atoms with Crippen LogP contribution in [0, 0.1) is 6.92 Å². The average Bonchev–Trinajstić information content (AvgIpc) is 3.11. The zero-order chi connectivity index (χ0) is 18.6. The molecule has 0 radical (unpaired) electrons. The Labute approximate surface area is 152 Å². The fourth-order valence-electron chi connectivity index (χ4n) is 2.37. The van der Waals surface area contributed by atoms with Crippen molar-refractivity contribution >= 4 is 10.0 Å². The number of benzene rings is 2. The Bertz CT molecular complexity index is 982. The van der Waals surface area contributed by atoms with E-state index in [1.165, 1.54) is 0 Å². The van der Waals surface area contributed by atoms with Gasteiger partial charge in [0.1, 0.15) is 5.75 Å². The summed E-state index contributed by atoms with van der Waals surface area (Å²) in [6.45, 7) is 1.82. The molecular weight excluding hydrogens is 354 g/mol. The van der Waals surface area contributed by atoms with E-state index in [2.05, 4.69) is 14.9 Å². The minimum Gasteiger partial charge on any atom is -0.497 e. The third kappa shape index (κ3) is 4.47. The van der Waals surface area contributed by atoms with Crippen molar-refractivity contribution in [3.05, 3.63) is 65.5 Å². The number of hydrogen-bond acceptors (Lipinski definition) is 6. The maximum atomic E-state index is 12.3. The molecule has 1 heterocycles. The van der Waals surface area contributed by atoms with Crippen LogP contribution >= 0.6 is 0 Å². The highest BCUT2D eigenvalue weighted by Crippen LogP contribution is 2.21. The van der Waals surface area contributed by atoms with Gasteiger partial charge in [-0.3, -0.25) is 0 Å². The van der Waals surface area contributed by atoms with Crippen LogP contribution in [-0.4, -0.2) is 25.7 Å². The predicted octanol–water partition coefficient (Wildman–Crippen LogP) is 2.67. The van der Waals surface area contributed by atoms with E-state index in [9.17, 15) is 8.42 Å². The Morgan fingerprint density at radius 3 is 2.50 bits per heavy atom. The van der Waals surface area contributed by atoms with Crippen molar-refractivity contribution in [1.82, 2.24) is 14.9 Å². The molecule has 0 aliphatic heterocycles. The first-order valence-corrected chi connectivity index (χ1v) is 9.61. The maximum Gasteiger partial charge on any atom is 0.247 e. The molecule has 0 atom stereocenters. The first kappa shape index (κ1) is 18.1. The molecule has 26 heavy (non-hydrogen) atoms. The second-order valence-electron chi connectivity index (χ2n) is 5.74. The molecule has 3 rings (SSSR count). The number of nitrogens with zero attached hydrogens (tertiary/aromatic N) is 2. The van der Waals surface area contributed by atoms with Gasteiger partial charge < -0.3 is 9.15 Å². The molecule has 3 aromatic rings. The molecule has 2 aromatic carbocycles. The lowest BCUT2D eigenvalue weighted by molar-refractivity contribution is 0.415. The van der Waals surface area contributed by atoms with Gasteiger partial charge in [-0.05, 0) is 42.3 Å². The Kier molecular flexibility index (Phi) is 5.34. The number of aromatic nitrogens is 2. The molecule has 0 amide bonds. The first-order valence-electron chi connectivity index (χ1n) is 7.95. The zero-order valence-corrected chi connectivity index (χ0v) is 15.3. The Balaban J connectivity index is 1.64. The summed E-state index contributed by atoms with van der Waals surface area (Å²) >= 11 is 0. The smallest absolute Gasteiger partial charge is 0.247 e. The maximum absolute atomic E-state index is 12.3. The van der Waals surface area contributed by atoms with Crippen molar-refractivity contribution in [1.29, 1.82) is 0 Å². The second-order valence-corrected chi connectivity index (χ2v) is 7.54. The lowest BCUT2D eigenvalue weighted by Gasteiger charge is -2.07. The van der Waals surface area contributed by atoms with Crippen molar-refractivity contribution in [2.75, 3.05) is 7.11 Å². The summed E-state index contributed by atoms with van der Waals surface area (Å²) in [4.78, 5) is 0. The standard InChI is InChI=1S/C18H19N3O4S/c1-13-5-3-4-6-15(13)12-26(22,23)19-11-17-20-21-18(25-17)14-7-9-16(24-2)10-8-14/h3-10,19H,11-12H2,1-2H3. The van der Waals surface area contributed by atoms with Crippen LogP contribution in [-0.2, 0) is 22.3 Å². The van der Waals surface area contributed by atoms with Gasteiger partial charge in [-0.2, -0.15) is 0 Å². The van der Waals surface area contributed by atoms with Crippen molar-refractivity contribution in [2.24, 2.45) is 0 Å². The van der Waals surface area contributed by atoms with Crippen molar-refractivity contribution in [3.8, 4) is 17.2 Å². The lowest BCUT2D eigenvalue weighted by Crippen LogP contribution is -2.25. The Hall–Kier alpha value is -2.71. The van der Waals surface area contributed by atoms with E-state index in [-0.39, 0.29) is 18.2 Å². The molecule has 1 aromatic heterocycles. The lowest BCUT2D eigenvalue weighted by atomic mass is 10.1. The van der Waals surface area contributed by atoms with Crippen molar-refractivity contribution in [3.63, 3.8) is 0 Å². The van der Waals surface area contributed by atoms with Crippen LogP contribution in [0.3, 0.4) is 0 Å². The largest absolute Gasteiger partial charge is 0.497 e. The number of methoxy groups -OCH3 is 1. The summed E-state index contributed by atoms with van der Waals surface area (Å²) in [5, 5.41) is 7.84. The fourth-order valence-corrected chi connectivity index (χ4v) is 3.55.